The summed E-state index contributed by atoms with van der Waals surface area (Å²) in [5.74, 6) is 0.355. The van der Waals surface area contributed by atoms with Gasteiger partial charge in [-0.2, -0.15) is 0 Å². The fourth-order valence-electron chi connectivity index (χ4n) is 6.58. The molecule has 39 heavy (non-hydrogen) atoms. The van der Waals surface area contributed by atoms with Gasteiger partial charge in [0.05, 0.1) is 29.7 Å². The predicted octanol–water partition coefficient (Wildman–Crippen LogP) is 6.36. The lowest BCUT2D eigenvalue weighted by Gasteiger charge is -2.34. The van der Waals surface area contributed by atoms with Crippen molar-refractivity contribution in [3.05, 3.63) is 53.2 Å². The Morgan fingerprint density at radius 1 is 1.15 bits per heavy atom. The van der Waals surface area contributed by atoms with Gasteiger partial charge in [-0.25, -0.2) is 14.8 Å². The highest BCUT2D eigenvalue weighted by Gasteiger charge is 2.35. The van der Waals surface area contributed by atoms with Gasteiger partial charge in [-0.1, -0.05) is 19.4 Å². The largest absolute Gasteiger partial charge is 0.481 e. The van der Waals surface area contributed by atoms with Crippen molar-refractivity contribution in [3.8, 4) is 0 Å². The molecule has 204 valence electrons. The number of hydrogen-bond acceptors (Lipinski definition) is 6. The number of carboxylic acid groups (broad SMARTS) is 1. The van der Waals surface area contributed by atoms with Crippen LogP contribution in [0.4, 0.5) is 10.5 Å². The zero-order chi connectivity index (χ0) is 27.4. The Bertz CT molecular complexity index is 1590. The lowest BCUT2D eigenvalue weighted by Crippen LogP contribution is -2.42. The van der Waals surface area contributed by atoms with Crippen molar-refractivity contribution in [1.82, 2.24) is 14.5 Å². The summed E-state index contributed by atoms with van der Waals surface area (Å²) >= 11 is 0. The first kappa shape index (κ1) is 25.4. The monoisotopic (exact) mass is 530 g/mol. The molecule has 2 aromatic carbocycles. The molecule has 0 spiro atoms. The van der Waals surface area contributed by atoms with Gasteiger partial charge in [0.1, 0.15) is 11.3 Å². The highest BCUT2D eigenvalue weighted by atomic mass is 16.5. The molecule has 2 aliphatic rings. The van der Waals surface area contributed by atoms with Crippen LogP contribution in [0.15, 0.2) is 34.7 Å². The zero-order valence-electron chi connectivity index (χ0n) is 22.8. The number of oxazole rings is 1. The van der Waals surface area contributed by atoms with Crippen LogP contribution in [0.2, 0.25) is 0 Å². The molecule has 1 aliphatic heterocycles. The summed E-state index contributed by atoms with van der Waals surface area (Å²) in [7, 11) is 1.41. The lowest BCUT2D eigenvalue weighted by molar-refractivity contribution is -0.143. The van der Waals surface area contributed by atoms with E-state index in [1.165, 1.54) is 7.11 Å². The number of ether oxygens (including phenoxy) is 1. The normalized spacial score (nSPS) is 22.2. The minimum Gasteiger partial charge on any atom is -0.481 e. The summed E-state index contributed by atoms with van der Waals surface area (Å²) in [6.45, 7) is 6.01. The second-order valence-electron chi connectivity index (χ2n) is 11.0. The van der Waals surface area contributed by atoms with Crippen LogP contribution in [0.5, 0.6) is 0 Å². The van der Waals surface area contributed by atoms with E-state index in [1.54, 1.807) is 4.90 Å². The van der Waals surface area contributed by atoms with Crippen LogP contribution in [0.1, 0.15) is 80.8 Å². The maximum Gasteiger partial charge on any atom is 0.414 e. The van der Waals surface area contributed by atoms with Crippen LogP contribution < -0.4 is 4.90 Å². The number of nitrogens with zero attached hydrogens (tertiary/aromatic N) is 4. The Labute approximate surface area is 226 Å². The van der Waals surface area contributed by atoms with Gasteiger partial charge in [-0.05, 0) is 68.9 Å². The molecule has 3 heterocycles. The second-order valence-corrected chi connectivity index (χ2v) is 11.0. The smallest absolute Gasteiger partial charge is 0.414 e. The van der Waals surface area contributed by atoms with Crippen LogP contribution >= 0.6 is 0 Å². The Balaban J connectivity index is 1.53. The zero-order valence-corrected chi connectivity index (χ0v) is 22.8. The van der Waals surface area contributed by atoms with E-state index in [-0.39, 0.29) is 30.0 Å². The van der Waals surface area contributed by atoms with Gasteiger partial charge in [-0.15, -0.1) is 0 Å². The predicted molar refractivity (Wildman–Crippen MR) is 147 cm³/mol. The number of aromatic nitrogens is 3. The standard InChI is InChI=1S/C30H34N4O5/c1-16-8-10-22-24(33(16)30(37)38-4)11-12-25-27(22)32-28(34(25)21-7-5-6-20(14-21)29(35)36)17(2)19-9-13-26-23(15-19)31-18(3)39-26/h9,11-13,15-17,20-21H,5-8,10,14H2,1-4H3,(H,35,36)/t16-,17+,20+,21+/m0/s1. The number of carboxylic acids is 1. The molecule has 6 rings (SSSR count). The van der Waals surface area contributed by atoms with Crippen molar-refractivity contribution in [2.75, 3.05) is 12.0 Å². The Morgan fingerprint density at radius 3 is 2.74 bits per heavy atom. The van der Waals surface area contributed by atoms with Crippen LogP contribution in [0, 0.1) is 12.8 Å². The molecular formula is C30H34N4O5. The number of hydrogen-bond donors (Lipinski definition) is 1. The molecule has 0 unspecified atom stereocenters. The van der Waals surface area contributed by atoms with Crippen molar-refractivity contribution in [1.29, 1.82) is 0 Å². The minimum absolute atomic E-state index is 0.0233. The molecule has 0 bridgehead atoms. The molecular weight excluding hydrogens is 496 g/mol. The summed E-state index contributed by atoms with van der Waals surface area (Å²) < 4.78 is 13.1. The Morgan fingerprint density at radius 2 is 1.97 bits per heavy atom. The Kier molecular flexibility index (Phi) is 6.32. The molecule has 0 saturated heterocycles. The summed E-state index contributed by atoms with van der Waals surface area (Å²) in [6.07, 6.45) is 4.28. The van der Waals surface area contributed by atoms with Gasteiger partial charge in [0.15, 0.2) is 11.5 Å². The highest BCUT2D eigenvalue weighted by molar-refractivity contribution is 5.95. The molecule has 4 aromatic rings. The van der Waals surface area contributed by atoms with Crippen LogP contribution in [0.3, 0.4) is 0 Å². The van der Waals surface area contributed by atoms with Crippen molar-refractivity contribution in [2.45, 2.75) is 77.3 Å². The van der Waals surface area contributed by atoms with Crippen LogP contribution in [0.25, 0.3) is 22.1 Å². The average molecular weight is 531 g/mol. The molecule has 1 aliphatic carbocycles. The number of imidazole rings is 1. The van der Waals surface area contributed by atoms with E-state index in [0.717, 1.165) is 70.5 Å². The van der Waals surface area contributed by atoms with Gasteiger partial charge < -0.3 is 18.8 Å². The SMILES string of the molecule is COC(=O)N1c2ccc3c(nc([C@H](C)c4ccc5oc(C)nc5c4)n3[C@@H]3CCC[C@@H](C(=O)O)C3)c2CC[C@@H]1C. The van der Waals surface area contributed by atoms with E-state index in [0.29, 0.717) is 18.7 Å². The summed E-state index contributed by atoms with van der Waals surface area (Å²) in [6, 6.07) is 10.1. The minimum atomic E-state index is -0.731. The maximum atomic E-state index is 12.7. The number of benzene rings is 2. The van der Waals surface area contributed by atoms with E-state index in [1.807, 2.05) is 32.0 Å². The third kappa shape index (κ3) is 4.24. The maximum absolute atomic E-state index is 12.7. The van der Waals surface area contributed by atoms with Crippen molar-refractivity contribution < 1.29 is 23.8 Å². The van der Waals surface area contributed by atoms with Gasteiger partial charge in [0.25, 0.3) is 0 Å². The van der Waals surface area contributed by atoms with Gasteiger partial charge >= 0.3 is 12.1 Å². The number of anilines is 1. The molecule has 2 aromatic heterocycles. The van der Waals surface area contributed by atoms with Crippen molar-refractivity contribution in [2.24, 2.45) is 5.92 Å². The number of aryl methyl sites for hydroxylation is 2. The van der Waals surface area contributed by atoms with E-state index < -0.39 is 5.97 Å². The number of fused-ring (bicyclic) bond motifs is 4. The van der Waals surface area contributed by atoms with Crippen LogP contribution in [-0.2, 0) is 16.0 Å². The van der Waals surface area contributed by atoms with E-state index in [4.69, 9.17) is 14.1 Å². The molecule has 4 atom stereocenters. The lowest BCUT2D eigenvalue weighted by atomic mass is 9.85. The first-order chi connectivity index (χ1) is 18.8. The molecule has 9 heteroatoms. The van der Waals surface area contributed by atoms with Gasteiger partial charge in [0, 0.05) is 30.5 Å². The van der Waals surface area contributed by atoms with Gasteiger partial charge in [-0.3, -0.25) is 9.69 Å². The third-order valence-corrected chi connectivity index (χ3v) is 8.62. The van der Waals surface area contributed by atoms with E-state index in [9.17, 15) is 14.7 Å². The second kappa shape index (κ2) is 9.70. The van der Waals surface area contributed by atoms with Crippen molar-refractivity contribution in [3.63, 3.8) is 0 Å². The van der Waals surface area contributed by atoms with Gasteiger partial charge in [0.2, 0.25) is 0 Å². The number of carbonyl (C=O) groups is 2. The number of carbonyl (C=O) groups excluding carboxylic acids is 1. The quantitative estimate of drug-likeness (QED) is 0.327. The molecule has 1 N–H and O–H groups in total. The number of rotatable bonds is 4. The third-order valence-electron chi connectivity index (χ3n) is 8.62. The number of aliphatic carboxylic acids is 1. The first-order valence-electron chi connectivity index (χ1n) is 13.8. The van der Waals surface area contributed by atoms with Crippen molar-refractivity contribution >= 4 is 39.9 Å². The summed E-state index contributed by atoms with van der Waals surface area (Å²) in [5.41, 5.74) is 6.37. The number of amides is 1. The van der Waals surface area contributed by atoms with E-state index in [2.05, 4.69) is 28.6 Å². The average Bonchev–Trinajstić information content (AvgIpc) is 3.51. The first-order valence-corrected chi connectivity index (χ1v) is 13.8. The summed E-state index contributed by atoms with van der Waals surface area (Å²) in [5, 5.41) is 9.82. The molecule has 1 saturated carbocycles. The van der Waals surface area contributed by atoms with Crippen LogP contribution in [-0.4, -0.2) is 44.9 Å². The highest BCUT2D eigenvalue weighted by Crippen LogP contribution is 2.42. The fraction of sp³-hybridized carbons (Fsp3) is 0.467. The Hall–Kier alpha value is -3.88. The molecule has 1 amide bonds. The molecule has 0 radical (unpaired) electrons. The summed E-state index contributed by atoms with van der Waals surface area (Å²) in [4.78, 5) is 36.2. The molecule has 1 fully saturated rings. The van der Waals surface area contributed by atoms with E-state index >= 15 is 0 Å². The molecule has 9 nitrogen and oxygen atoms in total. The fourth-order valence-corrected chi connectivity index (χ4v) is 6.58. The topological polar surface area (TPSA) is 111 Å². The number of methoxy groups -OCH3 is 1.